The van der Waals surface area contributed by atoms with Crippen LogP contribution in [-0.4, -0.2) is 13.0 Å². The van der Waals surface area contributed by atoms with Crippen LogP contribution in [0, 0.1) is 6.92 Å². The Hall–Kier alpha value is -2.01. The van der Waals surface area contributed by atoms with Crippen molar-refractivity contribution >= 4 is 28.6 Å². The van der Waals surface area contributed by atoms with Gasteiger partial charge in [0.2, 0.25) is 5.91 Å². The number of rotatable bonds is 5. The van der Waals surface area contributed by atoms with Gasteiger partial charge in [-0.3, -0.25) is 4.79 Å². The number of aryl methyl sites for hydroxylation is 1. The Kier molecular flexibility index (Phi) is 4.63. The van der Waals surface area contributed by atoms with Gasteiger partial charge in [-0.1, -0.05) is 6.07 Å². The van der Waals surface area contributed by atoms with E-state index < -0.39 is 0 Å². The molecule has 0 saturated heterocycles. The summed E-state index contributed by atoms with van der Waals surface area (Å²) in [7, 11) is 1.66. The molecule has 0 fully saturated rings. The normalized spacial score (nSPS) is 10.2. The molecule has 1 aromatic heterocycles. The van der Waals surface area contributed by atoms with Crippen LogP contribution in [0.4, 0.5) is 11.4 Å². The summed E-state index contributed by atoms with van der Waals surface area (Å²) >= 11 is 1.61. The smallest absolute Gasteiger partial charge is 0.221 e. The van der Waals surface area contributed by atoms with Crippen LogP contribution in [-0.2, 0) is 11.3 Å². The Labute approximate surface area is 122 Å². The molecule has 0 saturated carbocycles. The van der Waals surface area contributed by atoms with E-state index in [0.29, 0.717) is 6.54 Å². The third-order valence-electron chi connectivity index (χ3n) is 2.85. The van der Waals surface area contributed by atoms with E-state index >= 15 is 0 Å². The van der Waals surface area contributed by atoms with Gasteiger partial charge in [0.05, 0.1) is 25.0 Å². The lowest BCUT2D eigenvalue weighted by Crippen LogP contribution is -2.08. The van der Waals surface area contributed by atoms with Gasteiger partial charge in [0.25, 0.3) is 0 Å². The van der Waals surface area contributed by atoms with Crippen molar-refractivity contribution in [3.63, 3.8) is 0 Å². The minimum atomic E-state index is -0.0578. The van der Waals surface area contributed by atoms with Gasteiger partial charge in [-0.05, 0) is 36.1 Å². The monoisotopic (exact) mass is 290 g/mol. The third kappa shape index (κ3) is 3.51. The topological polar surface area (TPSA) is 50.4 Å². The quantitative estimate of drug-likeness (QED) is 0.884. The van der Waals surface area contributed by atoms with Crippen LogP contribution in [0.15, 0.2) is 29.6 Å². The van der Waals surface area contributed by atoms with Gasteiger partial charge in [-0.2, -0.15) is 0 Å². The van der Waals surface area contributed by atoms with Crippen molar-refractivity contribution in [3.05, 3.63) is 40.1 Å². The van der Waals surface area contributed by atoms with Crippen LogP contribution in [0.2, 0.25) is 0 Å². The summed E-state index contributed by atoms with van der Waals surface area (Å²) in [6.45, 7) is 4.19. The van der Waals surface area contributed by atoms with Gasteiger partial charge in [-0.25, -0.2) is 0 Å². The highest BCUT2D eigenvalue weighted by atomic mass is 32.1. The molecular weight excluding hydrogens is 272 g/mol. The molecule has 2 aromatic rings. The zero-order valence-electron chi connectivity index (χ0n) is 11.8. The zero-order chi connectivity index (χ0) is 14.5. The van der Waals surface area contributed by atoms with Crippen LogP contribution in [0.25, 0.3) is 0 Å². The number of amides is 1. The molecule has 0 aliphatic carbocycles. The lowest BCUT2D eigenvalue weighted by molar-refractivity contribution is -0.114. The lowest BCUT2D eigenvalue weighted by atomic mass is 10.2. The molecule has 0 bridgehead atoms. The molecule has 1 heterocycles. The standard InChI is InChI=1S/C15H18N2O2S/c1-10-4-5-12(14(8-10)19-3)16-9-15-13(6-7-20-15)17-11(2)18/h4-8,16H,9H2,1-3H3,(H,17,18). The molecule has 1 amide bonds. The fourth-order valence-electron chi connectivity index (χ4n) is 1.90. The summed E-state index contributed by atoms with van der Waals surface area (Å²) in [5.41, 5.74) is 2.96. The van der Waals surface area contributed by atoms with Gasteiger partial charge in [0.15, 0.2) is 0 Å². The van der Waals surface area contributed by atoms with Gasteiger partial charge in [0.1, 0.15) is 5.75 Å². The van der Waals surface area contributed by atoms with Crippen LogP contribution >= 0.6 is 11.3 Å². The number of hydrogen-bond acceptors (Lipinski definition) is 4. The summed E-state index contributed by atoms with van der Waals surface area (Å²) in [5, 5.41) is 8.14. The van der Waals surface area contributed by atoms with Crippen LogP contribution in [0.1, 0.15) is 17.4 Å². The maximum Gasteiger partial charge on any atom is 0.221 e. The maximum absolute atomic E-state index is 11.1. The first kappa shape index (κ1) is 14.4. The molecule has 0 atom stereocenters. The van der Waals surface area contributed by atoms with Gasteiger partial charge >= 0.3 is 0 Å². The molecule has 1 aromatic carbocycles. The minimum Gasteiger partial charge on any atom is -0.495 e. The second-order valence-electron chi connectivity index (χ2n) is 4.50. The van der Waals surface area contributed by atoms with E-state index in [4.69, 9.17) is 4.74 Å². The SMILES string of the molecule is COc1cc(C)ccc1NCc1sccc1NC(C)=O. The maximum atomic E-state index is 11.1. The Bertz CT molecular complexity index is 608. The Morgan fingerprint density at radius 3 is 2.80 bits per heavy atom. The largest absolute Gasteiger partial charge is 0.495 e. The van der Waals surface area contributed by atoms with E-state index in [2.05, 4.69) is 10.6 Å². The van der Waals surface area contributed by atoms with Crippen molar-refractivity contribution in [2.45, 2.75) is 20.4 Å². The molecule has 20 heavy (non-hydrogen) atoms. The first-order chi connectivity index (χ1) is 9.60. The van der Waals surface area contributed by atoms with Gasteiger partial charge in [0, 0.05) is 11.8 Å². The van der Waals surface area contributed by atoms with Crippen molar-refractivity contribution in [1.82, 2.24) is 0 Å². The highest BCUT2D eigenvalue weighted by Gasteiger charge is 2.07. The summed E-state index contributed by atoms with van der Waals surface area (Å²) in [4.78, 5) is 12.2. The number of nitrogens with one attached hydrogen (secondary N) is 2. The van der Waals surface area contributed by atoms with Gasteiger partial charge < -0.3 is 15.4 Å². The summed E-state index contributed by atoms with van der Waals surface area (Å²) in [5.74, 6) is 0.764. The van der Waals surface area contributed by atoms with E-state index in [9.17, 15) is 4.79 Å². The molecule has 4 nitrogen and oxygen atoms in total. The predicted octanol–water partition coefficient (Wildman–Crippen LogP) is 3.64. The van der Waals surface area contributed by atoms with Crippen LogP contribution in [0.5, 0.6) is 5.75 Å². The van der Waals surface area contributed by atoms with Crippen molar-refractivity contribution in [2.24, 2.45) is 0 Å². The first-order valence-corrected chi connectivity index (χ1v) is 7.20. The number of ether oxygens (including phenoxy) is 1. The molecule has 0 spiro atoms. The number of benzene rings is 1. The predicted molar refractivity (Wildman–Crippen MR) is 83.7 cm³/mol. The van der Waals surface area contributed by atoms with Crippen molar-refractivity contribution < 1.29 is 9.53 Å². The first-order valence-electron chi connectivity index (χ1n) is 6.32. The second kappa shape index (κ2) is 6.43. The second-order valence-corrected chi connectivity index (χ2v) is 5.50. The Morgan fingerprint density at radius 2 is 2.10 bits per heavy atom. The molecule has 106 valence electrons. The number of anilines is 2. The summed E-state index contributed by atoms with van der Waals surface area (Å²) in [6.07, 6.45) is 0. The summed E-state index contributed by atoms with van der Waals surface area (Å²) < 4.78 is 5.36. The molecule has 0 unspecified atom stereocenters. The molecule has 2 rings (SSSR count). The average molecular weight is 290 g/mol. The zero-order valence-corrected chi connectivity index (χ0v) is 12.6. The van der Waals surface area contributed by atoms with E-state index in [1.807, 2.05) is 36.6 Å². The third-order valence-corrected chi connectivity index (χ3v) is 3.77. The molecular formula is C15H18N2O2S. The fraction of sp³-hybridized carbons (Fsp3) is 0.267. The molecule has 0 aliphatic rings. The van der Waals surface area contributed by atoms with Crippen LogP contribution in [0.3, 0.4) is 0 Å². The number of hydrogen-bond donors (Lipinski definition) is 2. The van der Waals surface area contributed by atoms with E-state index in [0.717, 1.165) is 27.6 Å². The molecule has 5 heteroatoms. The van der Waals surface area contributed by atoms with E-state index in [1.165, 1.54) is 6.92 Å². The molecule has 0 aliphatic heterocycles. The number of carbonyl (C=O) groups excluding carboxylic acids is 1. The lowest BCUT2D eigenvalue weighted by Gasteiger charge is -2.12. The number of carbonyl (C=O) groups is 1. The van der Waals surface area contributed by atoms with Gasteiger partial charge in [-0.15, -0.1) is 11.3 Å². The Balaban J connectivity index is 2.09. The van der Waals surface area contributed by atoms with E-state index in [1.54, 1.807) is 18.4 Å². The molecule has 2 N–H and O–H groups in total. The van der Waals surface area contributed by atoms with Crippen LogP contribution < -0.4 is 15.4 Å². The van der Waals surface area contributed by atoms with Crippen molar-refractivity contribution in [1.29, 1.82) is 0 Å². The summed E-state index contributed by atoms with van der Waals surface area (Å²) in [6, 6.07) is 7.94. The van der Waals surface area contributed by atoms with Crippen molar-refractivity contribution in [3.8, 4) is 5.75 Å². The highest BCUT2D eigenvalue weighted by molar-refractivity contribution is 7.10. The van der Waals surface area contributed by atoms with E-state index in [-0.39, 0.29) is 5.91 Å². The number of thiophene rings is 1. The minimum absolute atomic E-state index is 0.0578. The Morgan fingerprint density at radius 1 is 1.30 bits per heavy atom. The fourth-order valence-corrected chi connectivity index (χ4v) is 2.67. The number of methoxy groups -OCH3 is 1. The average Bonchev–Trinajstić information content (AvgIpc) is 2.83. The highest BCUT2D eigenvalue weighted by Crippen LogP contribution is 2.28. The van der Waals surface area contributed by atoms with Crippen molar-refractivity contribution in [2.75, 3.05) is 17.7 Å². The molecule has 0 radical (unpaired) electrons.